The van der Waals surface area contributed by atoms with Gasteiger partial charge in [0.25, 0.3) is 5.91 Å². The fourth-order valence-corrected chi connectivity index (χ4v) is 2.48. The van der Waals surface area contributed by atoms with Crippen LogP contribution in [-0.2, 0) is 0 Å². The number of nitrogens with zero attached hydrogens (tertiary/aromatic N) is 4. The molecule has 0 N–H and O–H groups in total. The second kappa shape index (κ2) is 6.40. The summed E-state index contributed by atoms with van der Waals surface area (Å²) < 4.78 is 0. The number of amides is 1. The Morgan fingerprint density at radius 1 is 1.40 bits per heavy atom. The van der Waals surface area contributed by atoms with E-state index in [0.717, 1.165) is 0 Å². The fraction of sp³-hybridized carbons (Fsp3) is 0.462. The fourth-order valence-electron chi connectivity index (χ4n) is 2.14. The molecule has 106 valence electrons. The van der Waals surface area contributed by atoms with Gasteiger partial charge in [0.05, 0.1) is 22.7 Å². The monoisotopic (exact) mass is 312 g/mol. The van der Waals surface area contributed by atoms with Crippen LogP contribution in [0.1, 0.15) is 17.3 Å². The number of halogens is 2. The Hall–Kier alpha value is -1.35. The first-order valence-corrected chi connectivity index (χ1v) is 7.02. The van der Waals surface area contributed by atoms with Gasteiger partial charge in [0, 0.05) is 32.4 Å². The number of hydrogen-bond acceptors (Lipinski definition) is 4. The van der Waals surface area contributed by atoms with Gasteiger partial charge in [0.2, 0.25) is 0 Å². The molecule has 0 aromatic carbocycles. The quantitative estimate of drug-likeness (QED) is 0.784. The van der Waals surface area contributed by atoms with E-state index in [2.05, 4.69) is 11.1 Å². The molecule has 1 aliphatic heterocycles. The van der Waals surface area contributed by atoms with Crippen molar-refractivity contribution < 1.29 is 4.79 Å². The zero-order chi connectivity index (χ0) is 14.7. The van der Waals surface area contributed by atoms with Crippen molar-refractivity contribution in [2.75, 3.05) is 26.2 Å². The number of carbonyl (C=O) groups excluding carboxylic acids is 1. The lowest BCUT2D eigenvalue weighted by Crippen LogP contribution is -2.51. The third-order valence-corrected chi connectivity index (χ3v) is 3.90. The highest BCUT2D eigenvalue weighted by Gasteiger charge is 2.25. The first-order valence-electron chi connectivity index (χ1n) is 6.27. The molecule has 1 saturated heterocycles. The van der Waals surface area contributed by atoms with Gasteiger partial charge in [-0.05, 0) is 13.0 Å². The second-order valence-electron chi connectivity index (χ2n) is 4.62. The first kappa shape index (κ1) is 15.0. The zero-order valence-electron chi connectivity index (χ0n) is 11.0. The summed E-state index contributed by atoms with van der Waals surface area (Å²) in [6.07, 6.45) is 1.38. The third-order valence-electron chi connectivity index (χ3n) is 3.39. The van der Waals surface area contributed by atoms with Crippen LogP contribution >= 0.6 is 23.2 Å². The van der Waals surface area contributed by atoms with E-state index >= 15 is 0 Å². The minimum Gasteiger partial charge on any atom is -0.336 e. The molecule has 0 spiro atoms. The third kappa shape index (κ3) is 3.21. The predicted molar refractivity (Wildman–Crippen MR) is 76.8 cm³/mol. The molecule has 2 heterocycles. The van der Waals surface area contributed by atoms with E-state index in [-0.39, 0.29) is 17.1 Å². The normalized spacial score (nSPS) is 17.6. The van der Waals surface area contributed by atoms with Crippen LogP contribution < -0.4 is 0 Å². The molecule has 1 atom stereocenters. The van der Waals surface area contributed by atoms with Crippen molar-refractivity contribution >= 4 is 29.1 Å². The second-order valence-corrected chi connectivity index (χ2v) is 5.41. The summed E-state index contributed by atoms with van der Waals surface area (Å²) in [5.41, 5.74) is 0.369. The Bertz CT molecular complexity index is 550. The smallest absolute Gasteiger partial charge is 0.255 e. The summed E-state index contributed by atoms with van der Waals surface area (Å²) in [5, 5.41) is 9.44. The van der Waals surface area contributed by atoms with Gasteiger partial charge in [0.15, 0.2) is 0 Å². The lowest BCUT2D eigenvalue weighted by Gasteiger charge is -2.36. The molecule has 1 unspecified atom stereocenters. The van der Waals surface area contributed by atoms with E-state index in [1.807, 2.05) is 11.8 Å². The van der Waals surface area contributed by atoms with Crippen molar-refractivity contribution in [1.82, 2.24) is 14.8 Å². The van der Waals surface area contributed by atoms with E-state index in [1.54, 1.807) is 4.90 Å². The Kier molecular flexibility index (Phi) is 4.81. The van der Waals surface area contributed by atoms with Crippen molar-refractivity contribution in [3.05, 3.63) is 28.0 Å². The summed E-state index contributed by atoms with van der Waals surface area (Å²) in [5.74, 6) is -0.149. The highest BCUT2D eigenvalue weighted by molar-refractivity contribution is 6.35. The van der Waals surface area contributed by atoms with Crippen molar-refractivity contribution in [1.29, 1.82) is 5.26 Å². The zero-order valence-corrected chi connectivity index (χ0v) is 12.5. The molecule has 1 aliphatic rings. The number of hydrogen-bond donors (Lipinski definition) is 0. The lowest BCUT2D eigenvalue weighted by molar-refractivity contribution is 0.0615. The van der Waals surface area contributed by atoms with Crippen LogP contribution in [0.15, 0.2) is 12.3 Å². The molecule has 7 heteroatoms. The van der Waals surface area contributed by atoms with Crippen molar-refractivity contribution in [2.45, 2.75) is 13.0 Å². The molecule has 20 heavy (non-hydrogen) atoms. The maximum absolute atomic E-state index is 12.4. The average molecular weight is 313 g/mol. The van der Waals surface area contributed by atoms with Gasteiger partial charge >= 0.3 is 0 Å². The molecule has 0 radical (unpaired) electrons. The number of pyridine rings is 1. The Morgan fingerprint density at radius 2 is 2.05 bits per heavy atom. The van der Waals surface area contributed by atoms with Crippen molar-refractivity contribution in [3.8, 4) is 6.07 Å². The molecule has 2 rings (SSSR count). The topological polar surface area (TPSA) is 60.2 Å². The van der Waals surface area contributed by atoms with Gasteiger partial charge in [-0.3, -0.25) is 9.69 Å². The van der Waals surface area contributed by atoms with E-state index in [4.69, 9.17) is 28.5 Å². The van der Waals surface area contributed by atoms with Gasteiger partial charge in [-0.15, -0.1) is 0 Å². The van der Waals surface area contributed by atoms with Crippen LogP contribution in [0.4, 0.5) is 0 Å². The van der Waals surface area contributed by atoms with Crippen molar-refractivity contribution in [2.24, 2.45) is 0 Å². The van der Waals surface area contributed by atoms with Crippen LogP contribution in [0.5, 0.6) is 0 Å². The summed E-state index contributed by atoms with van der Waals surface area (Å²) in [6.45, 7) is 4.35. The van der Waals surface area contributed by atoms with Crippen LogP contribution in [0.25, 0.3) is 0 Å². The first-order chi connectivity index (χ1) is 9.52. The van der Waals surface area contributed by atoms with Crippen LogP contribution in [0.2, 0.25) is 10.2 Å². The van der Waals surface area contributed by atoms with Crippen molar-refractivity contribution in [3.63, 3.8) is 0 Å². The average Bonchev–Trinajstić information content (AvgIpc) is 2.48. The molecule has 1 aromatic heterocycles. The largest absolute Gasteiger partial charge is 0.336 e. The van der Waals surface area contributed by atoms with E-state index in [0.29, 0.717) is 36.8 Å². The number of rotatable bonds is 2. The molecule has 0 aliphatic carbocycles. The maximum Gasteiger partial charge on any atom is 0.255 e. The molecular formula is C13H14Cl2N4O. The predicted octanol–water partition coefficient (Wildman–Crippen LogP) is 2.06. The van der Waals surface area contributed by atoms with Gasteiger partial charge in [-0.1, -0.05) is 23.2 Å². The van der Waals surface area contributed by atoms with E-state index < -0.39 is 0 Å². The minimum atomic E-state index is -0.149. The van der Waals surface area contributed by atoms with Gasteiger partial charge in [0.1, 0.15) is 5.15 Å². The number of nitriles is 1. The molecule has 5 nitrogen and oxygen atoms in total. The van der Waals surface area contributed by atoms with Gasteiger partial charge in [-0.25, -0.2) is 4.98 Å². The van der Waals surface area contributed by atoms with Gasteiger partial charge in [-0.2, -0.15) is 5.26 Å². The summed E-state index contributed by atoms with van der Waals surface area (Å²) in [4.78, 5) is 20.0. The molecule has 1 aromatic rings. The van der Waals surface area contributed by atoms with Gasteiger partial charge < -0.3 is 4.90 Å². The molecule has 0 bridgehead atoms. The number of piperazine rings is 1. The molecule has 1 amide bonds. The Morgan fingerprint density at radius 3 is 2.65 bits per heavy atom. The molecule has 0 saturated carbocycles. The van der Waals surface area contributed by atoms with E-state index in [9.17, 15) is 4.79 Å². The molecular weight excluding hydrogens is 299 g/mol. The van der Waals surface area contributed by atoms with Crippen LogP contribution in [0, 0.1) is 11.3 Å². The SMILES string of the molecule is CC(C#N)N1CCN(C(=O)c2cc(Cl)ncc2Cl)CC1. The standard InChI is InChI=1S/C13H14Cl2N4O/c1-9(7-16)18-2-4-19(5-3-18)13(20)10-6-12(15)17-8-11(10)14/h6,8-9H,2-5H2,1H3. The number of aromatic nitrogens is 1. The Labute approximate surface area is 127 Å². The van der Waals surface area contributed by atoms with E-state index in [1.165, 1.54) is 12.3 Å². The summed E-state index contributed by atoms with van der Waals surface area (Å²) in [6, 6.07) is 3.55. The summed E-state index contributed by atoms with van der Waals surface area (Å²) in [7, 11) is 0. The number of carbonyl (C=O) groups is 1. The highest BCUT2D eigenvalue weighted by atomic mass is 35.5. The van der Waals surface area contributed by atoms with Crippen LogP contribution in [0.3, 0.4) is 0 Å². The minimum absolute atomic E-state index is 0.133. The highest BCUT2D eigenvalue weighted by Crippen LogP contribution is 2.20. The maximum atomic E-state index is 12.4. The Balaban J connectivity index is 2.05. The van der Waals surface area contributed by atoms with Crippen LogP contribution in [-0.4, -0.2) is 52.9 Å². The molecule has 1 fully saturated rings. The summed E-state index contributed by atoms with van der Waals surface area (Å²) >= 11 is 11.8. The lowest BCUT2D eigenvalue weighted by atomic mass is 10.2.